The predicted octanol–water partition coefficient (Wildman–Crippen LogP) is 2.80. The molecule has 1 N–H and O–H groups in total. The van der Waals surface area contributed by atoms with E-state index in [4.69, 9.17) is 0 Å². The van der Waals surface area contributed by atoms with Gasteiger partial charge in [0, 0.05) is 36.1 Å². The topological polar surface area (TPSA) is 29.9 Å². The van der Waals surface area contributed by atoms with E-state index in [9.17, 15) is 0 Å². The van der Waals surface area contributed by atoms with Gasteiger partial charge in [0.2, 0.25) is 0 Å². The van der Waals surface area contributed by atoms with Crippen molar-refractivity contribution >= 4 is 11.8 Å². The third-order valence-electron chi connectivity index (χ3n) is 4.01. The Labute approximate surface area is 115 Å². The highest BCUT2D eigenvalue weighted by atomic mass is 32.2. The van der Waals surface area contributed by atoms with Crippen molar-refractivity contribution in [2.75, 3.05) is 5.75 Å². The van der Waals surface area contributed by atoms with Crippen LogP contribution >= 0.6 is 11.8 Å². The van der Waals surface area contributed by atoms with Crippen LogP contribution in [0.2, 0.25) is 0 Å². The maximum absolute atomic E-state index is 4.47. The van der Waals surface area contributed by atoms with Gasteiger partial charge < -0.3 is 5.32 Å². The second kappa shape index (κ2) is 6.11. The van der Waals surface area contributed by atoms with E-state index in [0.29, 0.717) is 6.04 Å². The number of nitrogens with one attached hydrogen (secondary N) is 1. The summed E-state index contributed by atoms with van der Waals surface area (Å²) in [6, 6.07) is 0.702. The third kappa shape index (κ3) is 3.09. The fraction of sp³-hybridized carbons (Fsp3) is 0.786. The molecule has 1 aliphatic carbocycles. The summed E-state index contributed by atoms with van der Waals surface area (Å²) in [6.45, 7) is 7.49. The fourth-order valence-electron chi connectivity index (χ4n) is 2.83. The van der Waals surface area contributed by atoms with Gasteiger partial charge in [-0.1, -0.05) is 6.92 Å². The van der Waals surface area contributed by atoms with Crippen LogP contribution in [-0.2, 0) is 13.6 Å². The predicted molar refractivity (Wildman–Crippen MR) is 79.1 cm³/mol. The normalized spacial score (nSPS) is 23.8. The van der Waals surface area contributed by atoms with Gasteiger partial charge in [-0.25, -0.2) is 0 Å². The minimum atomic E-state index is 0.702. The van der Waals surface area contributed by atoms with Gasteiger partial charge >= 0.3 is 0 Å². The van der Waals surface area contributed by atoms with Gasteiger partial charge in [0.1, 0.15) is 0 Å². The van der Waals surface area contributed by atoms with E-state index >= 15 is 0 Å². The Morgan fingerprint density at radius 2 is 2.17 bits per heavy atom. The summed E-state index contributed by atoms with van der Waals surface area (Å²) in [7, 11) is 2.02. The molecule has 0 aromatic carbocycles. The third-order valence-corrected chi connectivity index (χ3v) is 5.25. The molecule has 0 saturated heterocycles. The zero-order chi connectivity index (χ0) is 13.1. The van der Waals surface area contributed by atoms with E-state index in [0.717, 1.165) is 11.8 Å². The van der Waals surface area contributed by atoms with E-state index in [1.807, 2.05) is 11.7 Å². The molecule has 0 bridgehead atoms. The minimum Gasteiger partial charge on any atom is -0.310 e. The molecule has 0 unspecified atom stereocenters. The molecule has 1 aromatic rings. The molecule has 4 heteroatoms. The second-order valence-corrected chi connectivity index (χ2v) is 6.82. The van der Waals surface area contributed by atoms with Crippen molar-refractivity contribution in [3.63, 3.8) is 0 Å². The van der Waals surface area contributed by atoms with Crippen LogP contribution in [0.15, 0.2) is 0 Å². The quantitative estimate of drug-likeness (QED) is 0.889. The molecule has 2 rings (SSSR count). The molecular weight excluding hydrogens is 242 g/mol. The van der Waals surface area contributed by atoms with Crippen molar-refractivity contribution in [2.24, 2.45) is 7.05 Å². The number of aryl methyl sites for hydroxylation is 2. The van der Waals surface area contributed by atoms with Gasteiger partial charge in [0.05, 0.1) is 5.69 Å². The number of nitrogens with zero attached hydrogens (tertiary/aromatic N) is 2. The molecule has 0 spiro atoms. The summed E-state index contributed by atoms with van der Waals surface area (Å²) < 4.78 is 1.98. The van der Waals surface area contributed by atoms with Gasteiger partial charge in [-0.2, -0.15) is 16.9 Å². The maximum Gasteiger partial charge on any atom is 0.0641 e. The fourth-order valence-corrected chi connectivity index (χ4v) is 3.97. The van der Waals surface area contributed by atoms with Crippen molar-refractivity contribution in [3.05, 3.63) is 17.0 Å². The second-order valence-electron chi connectivity index (χ2n) is 5.24. The summed E-state index contributed by atoms with van der Waals surface area (Å²) in [5, 5.41) is 9.07. The van der Waals surface area contributed by atoms with E-state index < -0.39 is 0 Å². The van der Waals surface area contributed by atoms with E-state index in [-0.39, 0.29) is 0 Å². The largest absolute Gasteiger partial charge is 0.310 e. The van der Waals surface area contributed by atoms with Crippen molar-refractivity contribution < 1.29 is 0 Å². The number of hydrogen-bond acceptors (Lipinski definition) is 3. The van der Waals surface area contributed by atoms with Gasteiger partial charge in [-0.15, -0.1) is 0 Å². The molecule has 1 aromatic heterocycles. The average molecular weight is 267 g/mol. The smallest absolute Gasteiger partial charge is 0.0641 e. The maximum atomic E-state index is 4.47. The molecule has 0 aliphatic heterocycles. The van der Waals surface area contributed by atoms with Gasteiger partial charge in [0.25, 0.3) is 0 Å². The molecule has 0 amide bonds. The Kier molecular flexibility index (Phi) is 4.73. The molecule has 18 heavy (non-hydrogen) atoms. The van der Waals surface area contributed by atoms with Crippen LogP contribution in [0.3, 0.4) is 0 Å². The lowest BCUT2D eigenvalue weighted by Crippen LogP contribution is -2.26. The first-order chi connectivity index (χ1) is 8.61. The van der Waals surface area contributed by atoms with Crippen LogP contribution in [0.5, 0.6) is 0 Å². The van der Waals surface area contributed by atoms with Crippen LogP contribution in [-0.4, -0.2) is 26.8 Å². The van der Waals surface area contributed by atoms with Crippen molar-refractivity contribution in [3.8, 4) is 0 Å². The van der Waals surface area contributed by atoms with Gasteiger partial charge in [-0.05, 0) is 38.9 Å². The minimum absolute atomic E-state index is 0.702. The lowest BCUT2D eigenvalue weighted by molar-refractivity contribution is 0.523. The Morgan fingerprint density at radius 1 is 1.39 bits per heavy atom. The summed E-state index contributed by atoms with van der Waals surface area (Å²) in [5.74, 6) is 1.25. The van der Waals surface area contributed by atoms with Gasteiger partial charge in [-0.3, -0.25) is 4.68 Å². The lowest BCUT2D eigenvalue weighted by Gasteiger charge is -2.13. The molecule has 1 saturated carbocycles. The molecular formula is C14H25N3S. The Balaban J connectivity index is 1.85. The number of rotatable bonds is 5. The van der Waals surface area contributed by atoms with E-state index in [1.165, 1.54) is 42.0 Å². The van der Waals surface area contributed by atoms with Crippen LogP contribution in [0.4, 0.5) is 0 Å². The summed E-state index contributed by atoms with van der Waals surface area (Å²) in [6.07, 6.45) is 4.04. The molecule has 3 nitrogen and oxygen atoms in total. The first kappa shape index (κ1) is 13.9. The summed E-state index contributed by atoms with van der Waals surface area (Å²) >= 11 is 2.12. The lowest BCUT2D eigenvalue weighted by atomic mass is 10.1. The molecule has 0 radical (unpaired) electrons. The van der Waals surface area contributed by atoms with Crippen molar-refractivity contribution in [1.29, 1.82) is 0 Å². The van der Waals surface area contributed by atoms with Crippen LogP contribution in [0.1, 0.15) is 43.1 Å². The number of aromatic nitrogens is 2. The summed E-state index contributed by atoms with van der Waals surface area (Å²) in [5.41, 5.74) is 3.83. The Bertz CT molecular complexity index is 400. The van der Waals surface area contributed by atoms with E-state index in [2.05, 4.69) is 42.9 Å². The number of thioether (sulfide) groups is 1. The highest BCUT2D eigenvalue weighted by Crippen LogP contribution is 2.30. The van der Waals surface area contributed by atoms with Crippen molar-refractivity contribution in [1.82, 2.24) is 15.1 Å². The molecule has 1 heterocycles. The summed E-state index contributed by atoms with van der Waals surface area (Å²) in [4.78, 5) is 0. The Hall–Kier alpha value is -0.480. The van der Waals surface area contributed by atoms with Crippen LogP contribution < -0.4 is 5.32 Å². The molecule has 102 valence electrons. The zero-order valence-corrected chi connectivity index (χ0v) is 12.8. The molecule has 1 aliphatic rings. The first-order valence-corrected chi connectivity index (χ1v) is 8.00. The first-order valence-electron chi connectivity index (χ1n) is 6.95. The monoisotopic (exact) mass is 267 g/mol. The van der Waals surface area contributed by atoms with E-state index in [1.54, 1.807) is 0 Å². The highest BCUT2D eigenvalue weighted by molar-refractivity contribution is 7.99. The molecule has 2 atom stereocenters. The zero-order valence-electron chi connectivity index (χ0n) is 12.0. The SMILES string of the molecule is CCS[C@H]1CC[C@H](NCc2c(C)nn(C)c2C)C1. The number of hydrogen-bond donors (Lipinski definition) is 1. The van der Waals surface area contributed by atoms with Crippen LogP contribution in [0, 0.1) is 13.8 Å². The highest BCUT2D eigenvalue weighted by Gasteiger charge is 2.24. The Morgan fingerprint density at radius 3 is 2.78 bits per heavy atom. The standard InChI is InChI=1S/C14H25N3S/c1-5-18-13-7-6-12(8-13)15-9-14-10(2)16-17(4)11(14)3/h12-13,15H,5-9H2,1-4H3/t12-,13-/m0/s1. The van der Waals surface area contributed by atoms with Gasteiger partial charge in [0.15, 0.2) is 0 Å². The van der Waals surface area contributed by atoms with Crippen LogP contribution in [0.25, 0.3) is 0 Å². The molecule has 1 fully saturated rings. The van der Waals surface area contributed by atoms with Crippen molar-refractivity contribution in [2.45, 2.75) is 57.9 Å². The average Bonchev–Trinajstić information content (AvgIpc) is 2.85.